The molecule has 0 aromatic heterocycles. The van der Waals surface area contributed by atoms with E-state index in [2.05, 4.69) is 104 Å². The van der Waals surface area contributed by atoms with Crippen LogP contribution in [0.15, 0.2) is 146 Å². The number of nitrogens with zero attached hydrogens (tertiary/aromatic N) is 2. The van der Waals surface area contributed by atoms with Gasteiger partial charge in [0, 0.05) is 38.1 Å². The van der Waals surface area contributed by atoms with Crippen LogP contribution in [-0.2, 0) is 0 Å². The third kappa shape index (κ3) is 15.5. The van der Waals surface area contributed by atoms with Gasteiger partial charge in [-0.2, -0.15) is 0 Å². The van der Waals surface area contributed by atoms with Crippen molar-refractivity contribution in [2.75, 3.05) is 57.7 Å². The summed E-state index contributed by atoms with van der Waals surface area (Å²) in [6, 6.07) is 46.7. The summed E-state index contributed by atoms with van der Waals surface area (Å²) in [5, 5.41) is 4.67. The molecule has 0 amide bonds. The van der Waals surface area contributed by atoms with Crippen LogP contribution in [0.5, 0.6) is 0 Å². The van der Waals surface area contributed by atoms with Gasteiger partial charge in [0.05, 0.1) is 0 Å². The zero-order chi connectivity index (χ0) is 48.1. The number of likely N-dealkylation sites (tertiary alicyclic amines) is 2. The van der Waals surface area contributed by atoms with Gasteiger partial charge >= 0.3 is 0 Å². The van der Waals surface area contributed by atoms with Gasteiger partial charge in [0.25, 0.3) is 0 Å². The van der Waals surface area contributed by atoms with Crippen molar-refractivity contribution in [3.05, 3.63) is 180 Å². The molecule has 3 unspecified atom stereocenters. The Morgan fingerprint density at radius 3 is 0.986 bits per heavy atom. The number of hydrogen-bond acceptors (Lipinski definition) is 3. The number of alkyl halides is 1. The summed E-state index contributed by atoms with van der Waals surface area (Å²) < 4.78 is 39.0. The van der Waals surface area contributed by atoms with Crippen LogP contribution in [0.3, 0.4) is 0 Å². The molecule has 12 rings (SSSR count). The van der Waals surface area contributed by atoms with E-state index in [9.17, 15) is 13.2 Å². The molecule has 6 aromatic rings. The van der Waals surface area contributed by atoms with Gasteiger partial charge in [-0.25, -0.2) is 13.2 Å². The molecule has 3 atom stereocenters. The molecule has 0 bridgehead atoms. The van der Waals surface area contributed by atoms with Crippen molar-refractivity contribution in [1.29, 1.82) is 0 Å². The highest BCUT2D eigenvalue weighted by atomic mass is 79.9. The lowest BCUT2D eigenvalue weighted by molar-refractivity contribution is 0.200. The van der Waals surface area contributed by atoms with Crippen molar-refractivity contribution in [2.45, 2.75) is 94.8 Å². The van der Waals surface area contributed by atoms with Crippen LogP contribution in [0.1, 0.15) is 111 Å². The van der Waals surface area contributed by atoms with E-state index in [-0.39, 0.29) is 17.5 Å². The molecule has 6 aliphatic rings. The number of piperidine rings is 3. The molecule has 3 saturated carbocycles. The molecule has 6 aromatic carbocycles. The van der Waals surface area contributed by atoms with Gasteiger partial charge in [-0.1, -0.05) is 125 Å². The van der Waals surface area contributed by atoms with Gasteiger partial charge in [0.2, 0.25) is 0 Å². The second-order valence-electron chi connectivity index (χ2n) is 21.1. The Bertz CT molecular complexity index is 2340. The fourth-order valence-electron chi connectivity index (χ4n) is 10.5. The van der Waals surface area contributed by atoms with Crippen LogP contribution in [0.25, 0.3) is 33.4 Å². The highest BCUT2D eigenvalue weighted by molar-refractivity contribution is 9.09. The van der Waals surface area contributed by atoms with Crippen molar-refractivity contribution in [3.8, 4) is 33.4 Å². The second kappa shape index (κ2) is 25.2. The van der Waals surface area contributed by atoms with Crippen LogP contribution in [0.2, 0.25) is 0 Å². The van der Waals surface area contributed by atoms with E-state index in [0.717, 1.165) is 53.1 Å². The highest BCUT2D eigenvalue weighted by Gasteiger charge is 2.29. The van der Waals surface area contributed by atoms with E-state index < -0.39 is 0 Å². The normalized spacial score (nSPS) is 21.5. The molecule has 0 radical (unpaired) electrons. The van der Waals surface area contributed by atoms with Gasteiger partial charge < -0.3 is 15.1 Å². The Morgan fingerprint density at radius 1 is 0.386 bits per heavy atom. The maximum Gasteiger partial charge on any atom is 0.123 e. The predicted octanol–water partition coefficient (Wildman–Crippen LogP) is 15.9. The largest absolute Gasteiger partial charge is 0.316 e. The lowest BCUT2D eigenvalue weighted by atomic mass is 9.89. The zero-order valence-corrected chi connectivity index (χ0v) is 42.7. The topological polar surface area (TPSA) is 18.5 Å². The minimum absolute atomic E-state index is 0.177. The lowest BCUT2D eigenvalue weighted by Gasteiger charge is -2.33. The molecule has 0 spiro atoms. The average Bonchev–Trinajstić information content (AvgIpc) is 4.26. The Hall–Kier alpha value is -4.53. The molecule has 3 heterocycles. The van der Waals surface area contributed by atoms with E-state index in [4.69, 9.17) is 0 Å². The summed E-state index contributed by atoms with van der Waals surface area (Å²) in [6.45, 7) is 9.83. The number of halogens is 4. The molecule has 368 valence electrons. The van der Waals surface area contributed by atoms with Crippen LogP contribution in [-0.4, -0.2) is 67.5 Å². The summed E-state index contributed by atoms with van der Waals surface area (Å²) in [5.41, 5.74) is 11.0. The Labute approximate surface area is 425 Å². The maximum atomic E-state index is 13.0. The fourth-order valence-corrected chi connectivity index (χ4v) is 11.1. The quantitative estimate of drug-likeness (QED) is 0.131. The van der Waals surface area contributed by atoms with E-state index in [1.54, 1.807) is 0 Å². The number of hydrogen-bond donors (Lipinski definition) is 1. The van der Waals surface area contributed by atoms with E-state index >= 15 is 0 Å². The average molecular weight is 1010 g/mol. The smallest absolute Gasteiger partial charge is 0.123 e. The minimum atomic E-state index is -0.186. The van der Waals surface area contributed by atoms with Crippen molar-refractivity contribution in [3.63, 3.8) is 0 Å². The second-order valence-corrected chi connectivity index (χ2v) is 21.8. The van der Waals surface area contributed by atoms with Crippen LogP contribution >= 0.6 is 15.9 Å². The maximum absolute atomic E-state index is 13.0. The van der Waals surface area contributed by atoms with Gasteiger partial charge in [0.15, 0.2) is 0 Å². The van der Waals surface area contributed by atoms with E-state index in [0.29, 0.717) is 17.8 Å². The van der Waals surface area contributed by atoms with Gasteiger partial charge in [-0.05, 0) is 219 Å². The third-order valence-corrected chi connectivity index (χ3v) is 16.2. The SMILES string of the molecule is BrCC1CC1.Fc1ccc(-c2ccc(C3CCCN(CC4CC4)C3)cc2)cc1.Fc1ccc(-c2ccc(C3CCCN(CC4CC4)C3)cc2)cc1.Fc1ccc(-c2ccc(C3CCCNC3)cc2)cc1. The molecule has 7 heteroatoms. The number of benzene rings is 6. The first-order valence-corrected chi connectivity index (χ1v) is 27.7. The first-order valence-electron chi connectivity index (χ1n) is 26.6. The van der Waals surface area contributed by atoms with Gasteiger partial charge in [-0.15, -0.1) is 0 Å². The predicted molar refractivity (Wildman–Crippen MR) is 289 cm³/mol. The summed E-state index contributed by atoms with van der Waals surface area (Å²) in [5.74, 6) is 4.45. The molecule has 3 aliphatic heterocycles. The molecule has 3 aliphatic carbocycles. The van der Waals surface area contributed by atoms with Crippen molar-refractivity contribution < 1.29 is 13.2 Å². The Kier molecular flexibility index (Phi) is 18.2. The number of rotatable bonds is 11. The molecular weight excluding hydrogens is 936 g/mol. The molecule has 1 N–H and O–H groups in total. The summed E-state index contributed by atoms with van der Waals surface area (Å²) >= 11 is 3.38. The Morgan fingerprint density at radius 2 is 0.700 bits per heavy atom. The minimum Gasteiger partial charge on any atom is -0.316 e. The van der Waals surface area contributed by atoms with E-state index in [1.807, 2.05) is 36.4 Å². The standard InChI is InChI=1S/2C21H24FN.C17H18FN.C4H7Br/c2*22-21-11-9-18(10-12-21)17-5-7-19(8-6-17)20-2-1-13-23(15-20)14-16-3-4-16;18-17-9-7-14(8-10-17)13-3-5-15(6-4-13)16-2-1-11-19-12-16;5-3-4-1-2-4/h2*5-12,16,20H,1-4,13-15H2;3-10,16,19H,1-2,11-12H2;4H,1-3H2. The summed E-state index contributed by atoms with van der Waals surface area (Å²) in [6.07, 6.45) is 16.4. The van der Waals surface area contributed by atoms with Crippen molar-refractivity contribution in [1.82, 2.24) is 15.1 Å². The fraction of sp³-hybridized carbons (Fsp3) is 0.429. The van der Waals surface area contributed by atoms with Crippen molar-refractivity contribution >= 4 is 15.9 Å². The number of nitrogens with one attached hydrogen (secondary N) is 1. The van der Waals surface area contributed by atoms with Crippen LogP contribution in [0, 0.1) is 35.2 Å². The van der Waals surface area contributed by atoms with Crippen molar-refractivity contribution in [2.24, 2.45) is 17.8 Å². The summed E-state index contributed by atoms with van der Waals surface area (Å²) in [7, 11) is 0. The Balaban J connectivity index is 0.000000124. The van der Waals surface area contributed by atoms with E-state index in [1.165, 1.54) is 186 Å². The first kappa shape index (κ1) is 50.4. The summed E-state index contributed by atoms with van der Waals surface area (Å²) in [4.78, 5) is 5.33. The third-order valence-electron chi connectivity index (χ3n) is 15.3. The molecular formula is C63H73BrF3N3. The highest BCUT2D eigenvalue weighted by Crippen LogP contribution is 2.36. The van der Waals surface area contributed by atoms with Crippen LogP contribution < -0.4 is 5.32 Å². The van der Waals surface area contributed by atoms with Gasteiger partial charge in [-0.3, -0.25) is 0 Å². The van der Waals surface area contributed by atoms with Gasteiger partial charge in [0.1, 0.15) is 17.5 Å². The molecule has 70 heavy (non-hydrogen) atoms. The zero-order valence-electron chi connectivity index (χ0n) is 41.1. The molecule has 3 nitrogen and oxygen atoms in total. The monoisotopic (exact) mass is 1010 g/mol. The first-order chi connectivity index (χ1) is 34.3. The molecule has 3 saturated heterocycles. The van der Waals surface area contributed by atoms with Crippen LogP contribution in [0.4, 0.5) is 13.2 Å². The lowest BCUT2D eigenvalue weighted by Crippen LogP contribution is -2.35. The molecule has 6 fully saturated rings.